The zero-order valence-corrected chi connectivity index (χ0v) is 13.6. The summed E-state index contributed by atoms with van der Waals surface area (Å²) < 4.78 is 0. The second-order valence-corrected chi connectivity index (χ2v) is 7.14. The summed E-state index contributed by atoms with van der Waals surface area (Å²) in [6.07, 6.45) is 5.46. The lowest BCUT2D eigenvalue weighted by molar-refractivity contribution is 0.258. The van der Waals surface area contributed by atoms with Crippen LogP contribution in [0.2, 0.25) is 0 Å². The first-order valence-corrected chi connectivity index (χ1v) is 8.68. The predicted molar refractivity (Wildman–Crippen MR) is 83.7 cm³/mol. The Morgan fingerprint density at radius 1 is 1.26 bits per heavy atom. The van der Waals surface area contributed by atoms with Gasteiger partial charge in [-0.2, -0.15) is 0 Å². The summed E-state index contributed by atoms with van der Waals surface area (Å²) in [5.74, 6) is 2.51. The Balaban J connectivity index is 1.93. The fourth-order valence-electron chi connectivity index (χ4n) is 3.13. The van der Waals surface area contributed by atoms with E-state index in [0.29, 0.717) is 6.04 Å². The van der Waals surface area contributed by atoms with Gasteiger partial charge in [0.25, 0.3) is 0 Å². The molecule has 0 amide bonds. The number of nitrogens with zero attached hydrogens (tertiary/aromatic N) is 1. The van der Waals surface area contributed by atoms with Gasteiger partial charge in [-0.15, -0.1) is 11.3 Å². The van der Waals surface area contributed by atoms with Gasteiger partial charge in [-0.25, -0.2) is 4.98 Å². The summed E-state index contributed by atoms with van der Waals surface area (Å²) in [6, 6.07) is 0.391. The summed E-state index contributed by atoms with van der Waals surface area (Å²) in [4.78, 5) is 4.88. The molecule has 1 saturated carbocycles. The fraction of sp³-hybridized carbons (Fsp3) is 0.812. The van der Waals surface area contributed by atoms with Gasteiger partial charge < -0.3 is 5.32 Å². The van der Waals surface area contributed by atoms with Crippen molar-refractivity contribution in [3.63, 3.8) is 0 Å². The topological polar surface area (TPSA) is 24.9 Å². The van der Waals surface area contributed by atoms with E-state index in [1.54, 1.807) is 0 Å². The number of hydrogen-bond acceptors (Lipinski definition) is 3. The summed E-state index contributed by atoms with van der Waals surface area (Å²) in [5.41, 5.74) is 1.23. The van der Waals surface area contributed by atoms with Crippen LogP contribution >= 0.6 is 11.3 Å². The largest absolute Gasteiger partial charge is 0.309 e. The quantitative estimate of drug-likeness (QED) is 0.842. The zero-order valence-electron chi connectivity index (χ0n) is 12.8. The molecule has 1 heterocycles. The van der Waals surface area contributed by atoms with Gasteiger partial charge in [-0.3, -0.25) is 0 Å². The van der Waals surface area contributed by atoms with E-state index in [1.807, 2.05) is 11.3 Å². The minimum Gasteiger partial charge on any atom is -0.309 e. The van der Waals surface area contributed by atoms with Crippen molar-refractivity contribution in [2.45, 2.75) is 65.3 Å². The number of thiazole rings is 1. The molecule has 0 saturated heterocycles. The van der Waals surface area contributed by atoms with Gasteiger partial charge >= 0.3 is 0 Å². The third-order valence-corrected chi connectivity index (χ3v) is 5.58. The number of nitrogens with one attached hydrogen (secondary N) is 1. The number of aromatic nitrogens is 1. The summed E-state index contributed by atoms with van der Waals surface area (Å²) in [7, 11) is 0. The first kappa shape index (κ1) is 15.0. The molecular formula is C16H28N2S. The van der Waals surface area contributed by atoms with Gasteiger partial charge in [0, 0.05) is 17.3 Å². The third-order valence-electron chi connectivity index (χ3n) is 4.56. The van der Waals surface area contributed by atoms with Crippen LogP contribution < -0.4 is 5.32 Å². The Bertz CT molecular complexity index is 378. The highest BCUT2D eigenvalue weighted by Gasteiger charge is 2.26. The molecule has 1 aromatic heterocycles. The number of hydrogen-bond donors (Lipinski definition) is 1. The van der Waals surface area contributed by atoms with Gasteiger partial charge in [0.2, 0.25) is 0 Å². The fourth-order valence-corrected chi connectivity index (χ4v) is 4.22. The summed E-state index contributed by atoms with van der Waals surface area (Å²) in [6.45, 7) is 10.1. The van der Waals surface area contributed by atoms with Crippen LogP contribution in [-0.2, 0) is 0 Å². The lowest BCUT2D eigenvalue weighted by atomic mass is 9.77. The van der Waals surface area contributed by atoms with Crippen LogP contribution in [0.25, 0.3) is 0 Å². The molecule has 1 N–H and O–H groups in total. The Kier molecular flexibility index (Phi) is 5.40. The normalized spacial score (nSPS) is 25.7. The van der Waals surface area contributed by atoms with Crippen molar-refractivity contribution in [1.29, 1.82) is 0 Å². The Hall–Kier alpha value is -0.410. The van der Waals surface area contributed by atoms with E-state index >= 15 is 0 Å². The highest BCUT2D eigenvalue weighted by atomic mass is 32.1. The molecule has 19 heavy (non-hydrogen) atoms. The van der Waals surface area contributed by atoms with Crippen molar-refractivity contribution in [3.8, 4) is 0 Å². The van der Waals surface area contributed by atoms with Crippen molar-refractivity contribution < 1.29 is 0 Å². The highest BCUT2D eigenvalue weighted by molar-refractivity contribution is 7.09. The van der Waals surface area contributed by atoms with E-state index in [4.69, 9.17) is 4.98 Å². The molecule has 0 aliphatic heterocycles. The van der Waals surface area contributed by atoms with Crippen molar-refractivity contribution in [2.75, 3.05) is 6.54 Å². The molecule has 1 atom stereocenters. The molecule has 3 heteroatoms. The van der Waals surface area contributed by atoms with Gasteiger partial charge in [0.15, 0.2) is 0 Å². The second kappa shape index (κ2) is 6.85. The van der Waals surface area contributed by atoms with Gasteiger partial charge in [-0.05, 0) is 51.0 Å². The van der Waals surface area contributed by atoms with Crippen molar-refractivity contribution in [3.05, 3.63) is 16.1 Å². The Morgan fingerprint density at radius 3 is 2.53 bits per heavy atom. The van der Waals surface area contributed by atoms with Crippen molar-refractivity contribution >= 4 is 11.3 Å². The molecule has 1 aliphatic rings. The first-order chi connectivity index (χ1) is 9.11. The monoisotopic (exact) mass is 280 g/mol. The van der Waals surface area contributed by atoms with E-state index < -0.39 is 0 Å². The maximum Gasteiger partial charge on any atom is 0.0959 e. The molecule has 0 aromatic carbocycles. The van der Waals surface area contributed by atoms with Crippen LogP contribution in [-0.4, -0.2) is 11.5 Å². The first-order valence-electron chi connectivity index (χ1n) is 7.80. The smallest absolute Gasteiger partial charge is 0.0959 e. The summed E-state index contributed by atoms with van der Waals surface area (Å²) in [5, 5.41) is 7.07. The Labute approximate surface area is 122 Å². The third kappa shape index (κ3) is 3.79. The van der Waals surface area contributed by atoms with E-state index in [9.17, 15) is 0 Å². The van der Waals surface area contributed by atoms with Crippen molar-refractivity contribution in [2.24, 2.45) is 11.8 Å². The minimum atomic E-state index is 0.391. The zero-order chi connectivity index (χ0) is 13.8. The second-order valence-electron chi connectivity index (χ2n) is 6.25. The molecule has 0 spiro atoms. The minimum absolute atomic E-state index is 0.391. The lowest BCUT2D eigenvalue weighted by Crippen LogP contribution is -2.19. The molecule has 2 nitrogen and oxygen atoms in total. The SMILES string of the molecule is CCNC(C)c1csc(C2CCC(C(C)C)CC2)n1. The van der Waals surface area contributed by atoms with Crippen molar-refractivity contribution in [1.82, 2.24) is 10.3 Å². The van der Waals surface area contributed by atoms with E-state index in [2.05, 4.69) is 38.4 Å². The molecule has 2 rings (SSSR count). The molecular weight excluding hydrogens is 252 g/mol. The van der Waals surface area contributed by atoms with Crippen LogP contribution in [0.5, 0.6) is 0 Å². The number of rotatable bonds is 5. The van der Waals surface area contributed by atoms with Crippen LogP contribution in [0.15, 0.2) is 5.38 Å². The molecule has 1 fully saturated rings. The van der Waals surface area contributed by atoms with Gasteiger partial charge in [0.1, 0.15) is 0 Å². The molecule has 1 aromatic rings. The Morgan fingerprint density at radius 2 is 1.95 bits per heavy atom. The maximum absolute atomic E-state index is 4.88. The highest BCUT2D eigenvalue weighted by Crippen LogP contribution is 2.39. The molecule has 108 valence electrons. The van der Waals surface area contributed by atoms with Gasteiger partial charge in [0.05, 0.1) is 10.7 Å². The molecule has 0 radical (unpaired) electrons. The standard InChI is InChI=1S/C16H28N2S/c1-5-17-12(4)15-10-19-16(18-15)14-8-6-13(7-9-14)11(2)3/h10-14,17H,5-9H2,1-4H3. The molecule has 0 bridgehead atoms. The van der Waals surface area contributed by atoms with Crippen LogP contribution in [0.4, 0.5) is 0 Å². The lowest BCUT2D eigenvalue weighted by Gasteiger charge is -2.29. The van der Waals surface area contributed by atoms with Crippen LogP contribution in [0.3, 0.4) is 0 Å². The average molecular weight is 280 g/mol. The van der Waals surface area contributed by atoms with Gasteiger partial charge in [-0.1, -0.05) is 20.8 Å². The van der Waals surface area contributed by atoms with Crippen LogP contribution in [0, 0.1) is 11.8 Å². The average Bonchev–Trinajstić information content (AvgIpc) is 2.89. The predicted octanol–water partition coefficient (Wildman–Crippen LogP) is 4.74. The molecule has 1 aliphatic carbocycles. The summed E-state index contributed by atoms with van der Waals surface area (Å²) >= 11 is 1.87. The maximum atomic E-state index is 4.88. The van der Waals surface area contributed by atoms with Crippen LogP contribution in [0.1, 0.15) is 76.0 Å². The van der Waals surface area contributed by atoms with E-state index in [-0.39, 0.29) is 0 Å². The van der Waals surface area contributed by atoms with E-state index in [1.165, 1.54) is 36.4 Å². The van der Waals surface area contributed by atoms with E-state index in [0.717, 1.165) is 24.3 Å². The molecule has 1 unspecified atom stereocenters.